The molecule has 0 saturated carbocycles. The van der Waals surface area contributed by atoms with Gasteiger partial charge < -0.3 is 4.90 Å². The van der Waals surface area contributed by atoms with E-state index in [1.165, 1.54) is 38.2 Å². The quantitative estimate of drug-likeness (QED) is 0.258. The Kier molecular flexibility index (Phi) is 4.21. The lowest BCUT2D eigenvalue weighted by Gasteiger charge is -2.14. The van der Waals surface area contributed by atoms with Gasteiger partial charge in [-0.05, 0) is 56.4 Å². The third-order valence-electron chi connectivity index (χ3n) is 5.92. The summed E-state index contributed by atoms with van der Waals surface area (Å²) in [5, 5.41) is 7.19. The molecule has 0 spiro atoms. The second-order valence-corrected chi connectivity index (χ2v) is 7.95. The second kappa shape index (κ2) is 6.89. The van der Waals surface area contributed by atoms with E-state index in [1.54, 1.807) is 0 Å². The lowest BCUT2D eigenvalue weighted by molar-refractivity contribution is 0.0984. The highest BCUT2D eigenvalue weighted by molar-refractivity contribution is 6.26. The first kappa shape index (κ1) is 17.7. The van der Waals surface area contributed by atoms with Gasteiger partial charge in [0, 0.05) is 31.8 Å². The van der Waals surface area contributed by atoms with Crippen LogP contribution < -0.4 is 4.90 Å². The molecular formula is C27H23NO. The van der Waals surface area contributed by atoms with Crippen LogP contribution in [0.5, 0.6) is 0 Å². The van der Waals surface area contributed by atoms with Crippen molar-refractivity contribution < 1.29 is 4.79 Å². The van der Waals surface area contributed by atoms with Gasteiger partial charge in [0.2, 0.25) is 0 Å². The fourth-order valence-corrected chi connectivity index (χ4v) is 4.33. The van der Waals surface area contributed by atoms with Gasteiger partial charge in [0.25, 0.3) is 0 Å². The predicted octanol–water partition coefficient (Wildman–Crippen LogP) is 6.47. The Morgan fingerprint density at radius 1 is 0.724 bits per heavy atom. The number of ketones is 1. The number of carbonyl (C=O) groups is 1. The van der Waals surface area contributed by atoms with E-state index in [2.05, 4.69) is 77.7 Å². The van der Waals surface area contributed by atoms with Crippen molar-refractivity contribution in [3.05, 3.63) is 90.0 Å². The van der Waals surface area contributed by atoms with E-state index in [0.717, 1.165) is 17.4 Å². The summed E-state index contributed by atoms with van der Waals surface area (Å²) in [6.45, 7) is 0. The van der Waals surface area contributed by atoms with Crippen molar-refractivity contribution in [3.8, 4) is 0 Å². The summed E-state index contributed by atoms with van der Waals surface area (Å²) >= 11 is 0. The molecule has 0 saturated heterocycles. The number of carbonyl (C=O) groups excluding carboxylic acids is 1. The van der Waals surface area contributed by atoms with Gasteiger partial charge in [-0.25, -0.2) is 0 Å². The summed E-state index contributed by atoms with van der Waals surface area (Å²) in [6, 6.07) is 27.5. The minimum Gasteiger partial charge on any atom is -0.378 e. The van der Waals surface area contributed by atoms with E-state index in [4.69, 9.17) is 0 Å². The van der Waals surface area contributed by atoms with Crippen LogP contribution in [0.2, 0.25) is 0 Å². The highest BCUT2D eigenvalue weighted by atomic mass is 16.1. The predicted molar refractivity (Wildman–Crippen MR) is 124 cm³/mol. The summed E-state index contributed by atoms with van der Waals surface area (Å²) < 4.78 is 0. The average Bonchev–Trinajstić information content (AvgIpc) is 2.76. The molecule has 5 aromatic carbocycles. The molecule has 0 radical (unpaired) electrons. The SMILES string of the molecule is CN(C)c1ccc(CCC(=O)c2ccc3ccc4cccc5ccc2c3c45)cc1. The molecule has 0 aromatic heterocycles. The van der Waals surface area contributed by atoms with E-state index in [-0.39, 0.29) is 5.78 Å². The van der Waals surface area contributed by atoms with Crippen LogP contribution in [0.4, 0.5) is 5.69 Å². The van der Waals surface area contributed by atoms with Gasteiger partial charge in [0.05, 0.1) is 0 Å². The van der Waals surface area contributed by atoms with Gasteiger partial charge in [0.15, 0.2) is 5.78 Å². The summed E-state index contributed by atoms with van der Waals surface area (Å²) in [4.78, 5) is 15.2. The highest BCUT2D eigenvalue weighted by Gasteiger charge is 2.15. The topological polar surface area (TPSA) is 20.3 Å². The molecule has 2 nitrogen and oxygen atoms in total. The highest BCUT2D eigenvalue weighted by Crippen LogP contribution is 2.36. The molecule has 0 bridgehead atoms. The van der Waals surface area contributed by atoms with Crippen molar-refractivity contribution in [2.45, 2.75) is 12.8 Å². The van der Waals surface area contributed by atoms with Crippen LogP contribution >= 0.6 is 0 Å². The van der Waals surface area contributed by atoms with E-state index in [0.29, 0.717) is 6.42 Å². The molecule has 0 unspecified atom stereocenters. The summed E-state index contributed by atoms with van der Waals surface area (Å²) in [5.41, 5.74) is 3.20. The Morgan fingerprint density at radius 2 is 1.34 bits per heavy atom. The van der Waals surface area contributed by atoms with Gasteiger partial charge >= 0.3 is 0 Å². The Bertz CT molecular complexity index is 1320. The zero-order valence-electron chi connectivity index (χ0n) is 16.8. The van der Waals surface area contributed by atoms with Crippen LogP contribution in [0.25, 0.3) is 32.3 Å². The lowest BCUT2D eigenvalue weighted by Crippen LogP contribution is -2.08. The minimum absolute atomic E-state index is 0.208. The van der Waals surface area contributed by atoms with Crippen LogP contribution in [0.1, 0.15) is 22.3 Å². The maximum absolute atomic E-state index is 13.1. The maximum Gasteiger partial charge on any atom is 0.163 e. The molecule has 0 N–H and O–H groups in total. The Morgan fingerprint density at radius 3 is 2.03 bits per heavy atom. The summed E-state index contributed by atoms with van der Waals surface area (Å²) in [6.07, 6.45) is 1.28. The number of rotatable bonds is 5. The van der Waals surface area contributed by atoms with E-state index >= 15 is 0 Å². The Hall–Kier alpha value is -3.39. The number of anilines is 1. The molecule has 5 rings (SSSR count). The lowest BCUT2D eigenvalue weighted by atomic mass is 9.90. The van der Waals surface area contributed by atoms with Crippen molar-refractivity contribution in [1.82, 2.24) is 0 Å². The van der Waals surface area contributed by atoms with Gasteiger partial charge in [-0.3, -0.25) is 4.79 Å². The molecule has 0 amide bonds. The molecule has 2 heteroatoms. The third-order valence-corrected chi connectivity index (χ3v) is 5.92. The fraction of sp³-hybridized carbons (Fsp3) is 0.148. The van der Waals surface area contributed by atoms with E-state index in [1.807, 2.05) is 20.2 Å². The zero-order chi connectivity index (χ0) is 20.0. The number of Topliss-reactive ketones (excluding diaryl/α,β-unsaturated/α-hetero) is 1. The average molecular weight is 377 g/mol. The largest absolute Gasteiger partial charge is 0.378 e. The van der Waals surface area contributed by atoms with Crippen molar-refractivity contribution in [3.63, 3.8) is 0 Å². The van der Waals surface area contributed by atoms with Crippen LogP contribution in [0.3, 0.4) is 0 Å². The van der Waals surface area contributed by atoms with Gasteiger partial charge in [-0.2, -0.15) is 0 Å². The van der Waals surface area contributed by atoms with Crippen LogP contribution in [-0.2, 0) is 6.42 Å². The number of nitrogens with zero attached hydrogens (tertiary/aromatic N) is 1. The fourth-order valence-electron chi connectivity index (χ4n) is 4.33. The first-order valence-electron chi connectivity index (χ1n) is 10.1. The van der Waals surface area contributed by atoms with Crippen LogP contribution in [-0.4, -0.2) is 19.9 Å². The first-order valence-corrected chi connectivity index (χ1v) is 10.1. The van der Waals surface area contributed by atoms with Gasteiger partial charge in [0.1, 0.15) is 0 Å². The van der Waals surface area contributed by atoms with Gasteiger partial charge in [-0.1, -0.05) is 66.7 Å². The second-order valence-electron chi connectivity index (χ2n) is 7.95. The maximum atomic E-state index is 13.1. The Balaban J connectivity index is 1.50. The molecule has 0 aliphatic carbocycles. The van der Waals surface area contributed by atoms with Crippen molar-refractivity contribution in [1.29, 1.82) is 0 Å². The minimum atomic E-state index is 0.208. The Labute approximate surface area is 170 Å². The third kappa shape index (κ3) is 3.01. The normalized spacial score (nSPS) is 11.5. The van der Waals surface area contributed by atoms with Gasteiger partial charge in [-0.15, -0.1) is 0 Å². The van der Waals surface area contributed by atoms with E-state index < -0.39 is 0 Å². The molecule has 0 aliphatic rings. The van der Waals surface area contributed by atoms with Crippen LogP contribution in [0.15, 0.2) is 78.9 Å². The molecule has 142 valence electrons. The number of benzene rings is 5. The van der Waals surface area contributed by atoms with Crippen molar-refractivity contribution >= 4 is 43.8 Å². The molecule has 0 atom stereocenters. The summed E-state index contributed by atoms with van der Waals surface area (Å²) in [5.74, 6) is 0.208. The molecular weight excluding hydrogens is 354 g/mol. The molecule has 0 aliphatic heterocycles. The standard InChI is InChI=1S/C27H23NO/c1-28(2)22-13-6-18(7-14-22)8-17-25(29)23-15-11-21-10-9-19-4-3-5-20-12-16-24(23)27(21)26(19)20/h3-7,9-16H,8,17H2,1-2H3. The first-order chi connectivity index (χ1) is 14.1. The summed E-state index contributed by atoms with van der Waals surface area (Å²) in [7, 11) is 4.07. The smallest absolute Gasteiger partial charge is 0.163 e. The molecule has 0 heterocycles. The van der Waals surface area contributed by atoms with Crippen molar-refractivity contribution in [2.75, 3.05) is 19.0 Å². The number of aryl methyl sites for hydroxylation is 1. The van der Waals surface area contributed by atoms with Crippen LogP contribution in [0, 0.1) is 0 Å². The zero-order valence-corrected chi connectivity index (χ0v) is 16.8. The molecule has 0 fully saturated rings. The number of hydrogen-bond donors (Lipinski definition) is 0. The van der Waals surface area contributed by atoms with E-state index in [9.17, 15) is 4.79 Å². The monoisotopic (exact) mass is 377 g/mol. The van der Waals surface area contributed by atoms with Crippen molar-refractivity contribution in [2.24, 2.45) is 0 Å². The molecule has 29 heavy (non-hydrogen) atoms. The number of hydrogen-bond acceptors (Lipinski definition) is 2. The molecule has 5 aromatic rings.